The maximum Gasteiger partial charge on any atom is 0.354 e. The third-order valence-corrected chi connectivity index (χ3v) is 3.15. The first-order valence-corrected chi connectivity index (χ1v) is 6.17. The molecule has 0 atom stereocenters. The lowest BCUT2D eigenvalue weighted by Crippen LogP contribution is -2.35. The van der Waals surface area contributed by atoms with Gasteiger partial charge in [-0.25, -0.2) is 14.3 Å². The van der Waals surface area contributed by atoms with E-state index < -0.39 is 0 Å². The second-order valence-electron chi connectivity index (χ2n) is 4.78. The number of benzene rings is 1. The van der Waals surface area contributed by atoms with E-state index in [0.717, 1.165) is 10.3 Å². The Morgan fingerprint density at radius 3 is 2.42 bits per heavy atom. The molecule has 0 radical (unpaired) electrons. The molecule has 0 spiro atoms. The number of aromatic nitrogens is 3. The third kappa shape index (κ3) is 1.68. The summed E-state index contributed by atoms with van der Waals surface area (Å²) in [6, 6.07) is 8.89. The molecule has 0 aliphatic carbocycles. The van der Waals surface area contributed by atoms with Crippen LogP contribution in [-0.4, -0.2) is 20.4 Å². The number of carbonyl (C=O) groups excluding carboxylic acids is 1. The summed E-state index contributed by atoms with van der Waals surface area (Å²) in [5.41, 5.74) is 0.405. The van der Waals surface area contributed by atoms with E-state index in [2.05, 4.69) is 5.10 Å². The SMILES string of the molecule is CC(C)n1nc2n(c1=O)C(=O)N(c1ccccc1)C2. The van der Waals surface area contributed by atoms with Crippen LogP contribution in [0.25, 0.3) is 0 Å². The van der Waals surface area contributed by atoms with Crippen LogP contribution >= 0.6 is 0 Å². The molecule has 3 rings (SSSR count). The van der Waals surface area contributed by atoms with Crippen molar-refractivity contribution in [3.8, 4) is 0 Å². The Morgan fingerprint density at radius 1 is 1.16 bits per heavy atom. The summed E-state index contributed by atoms with van der Waals surface area (Å²) < 4.78 is 2.49. The van der Waals surface area contributed by atoms with E-state index >= 15 is 0 Å². The first-order chi connectivity index (χ1) is 9.09. The van der Waals surface area contributed by atoms with E-state index in [9.17, 15) is 9.59 Å². The molecule has 0 fully saturated rings. The van der Waals surface area contributed by atoms with Crippen molar-refractivity contribution >= 4 is 11.7 Å². The normalized spacial score (nSPS) is 14.3. The summed E-state index contributed by atoms with van der Waals surface area (Å²) in [5, 5.41) is 4.22. The lowest BCUT2D eigenvalue weighted by Gasteiger charge is -2.14. The minimum Gasteiger partial charge on any atom is -0.286 e. The van der Waals surface area contributed by atoms with Gasteiger partial charge in [-0.3, -0.25) is 4.90 Å². The van der Waals surface area contributed by atoms with Crippen molar-refractivity contribution in [2.75, 3.05) is 4.90 Å². The molecular formula is C13H14N4O2. The highest BCUT2D eigenvalue weighted by atomic mass is 16.2. The molecule has 98 valence electrons. The Balaban J connectivity index is 2.03. The molecule has 1 aliphatic rings. The molecule has 0 saturated heterocycles. The van der Waals surface area contributed by atoms with Crippen LogP contribution in [0, 0.1) is 0 Å². The Hall–Kier alpha value is -2.37. The minimum absolute atomic E-state index is 0.0522. The van der Waals surface area contributed by atoms with Crippen molar-refractivity contribution in [3.63, 3.8) is 0 Å². The van der Waals surface area contributed by atoms with Crippen molar-refractivity contribution in [3.05, 3.63) is 46.6 Å². The van der Waals surface area contributed by atoms with E-state index in [-0.39, 0.29) is 17.8 Å². The van der Waals surface area contributed by atoms with Crippen LogP contribution in [0.1, 0.15) is 25.7 Å². The van der Waals surface area contributed by atoms with Crippen molar-refractivity contribution in [2.24, 2.45) is 0 Å². The average Bonchev–Trinajstić information content (AvgIpc) is 2.89. The van der Waals surface area contributed by atoms with Gasteiger partial charge in [-0.05, 0) is 26.0 Å². The number of para-hydroxylation sites is 1. The molecule has 1 amide bonds. The van der Waals surface area contributed by atoms with E-state index in [1.807, 2.05) is 44.2 Å². The molecule has 0 bridgehead atoms. The number of anilines is 1. The predicted molar refractivity (Wildman–Crippen MR) is 70.3 cm³/mol. The van der Waals surface area contributed by atoms with Gasteiger partial charge in [0.15, 0.2) is 5.82 Å². The Kier molecular flexibility index (Phi) is 2.51. The van der Waals surface area contributed by atoms with E-state index in [4.69, 9.17) is 0 Å². The summed E-state index contributed by atoms with van der Waals surface area (Å²) in [6.45, 7) is 4.06. The summed E-state index contributed by atoms with van der Waals surface area (Å²) in [5.74, 6) is 0.493. The number of rotatable bonds is 2. The van der Waals surface area contributed by atoms with Crippen molar-refractivity contribution in [1.82, 2.24) is 14.3 Å². The number of carbonyl (C=O) groups is 1. The zero-order valence-corrected chi connectivity index (χ0v) is 10.8. The summed E-state index contributed by atoms with van der Waals surface area (Å²) >= 11 is 0. The van der Waals surface area contributed by atoms with Crippen molar-refractivity contribution in [2.45, 2.75) is 26.4 Å². The Bertz CT molecular complexity index is 684. The van der Waals surface area contributed by atoms with Crippen LogP contribution in [0.4, 0.5) is 10.5 Å². The van der Waals surface area contributed by atoms with Gasteiger partial charge >= 0.3 is 11.7 Å². The fraction of sp³-hybridized carbons (Fsp3) is 0.308. The zero-order valence-electron chi connectivity index (χ0n) is 10.8. The molecule has 19 heavy (non-hydrogen) atoms. The van der Waals surface area contributed by atoms with Crippen molar-refractivity contribution < 1.29 is 4.79 Å². The van der Waals surface area contributed by atoms with Gasteiger partial charge in [-0.1, -0.05) is 18.2 Å². The maximum atomic E-state index is 12.3. The van der Waals surface area contributed by atoms with Crippen molar-refractivity contribution in [1.29, 1.82) is 0 Å². The minimum atomic E-state index is -0.367. The van der Waals surface area contributed by atoms with Gasteiger partial charge in [0.05, 0.1) is 12.6 Å². The standard InChI is InChI=1S/C13H14N4O2/c1-9(2)17-13(19)16-11(14-17)8-15(12(16)18)10-6-4-3-5-7-10/h3-7,9H,8H2,1-2H3. The topological polar surface area (TPSA) is 60.1 Å². The quantitative estimate of drug-likeness (QED) is 0.822. The Labute approximate surface area is 109 Å². The lowest BCUT2D eigenvalue weighted by atomic mass is 10.3. The van der Waals surface area contributed by atoms with Gasteiger partial charge in [-0.2, -0.15) is 9.67 Å². The van der Waals surface area contributed by atoms with E-state index in [1.165, 1.54) is 4.68 Å². The first-order valence-electron chi connectivity index (χ1n) is 6.17. The lowest BCUT2D eigenvalue weighted by molar-refractivity contribution is 0.249. The molecule has 2 aromatic rings. The monoisotopic (exact) mass is 258 g/mol. The molecule has 0 unspecified atom stereocenters. The maximum absolute atomic E-state index is 12.3. The number of amides is 1. The highest BCUT2D eigenvalue weighted by molar-refractivity contribution is 5.95. The molecule has 6 heteroatoms. The van der Waals surface area contributed by atoms with Gasteiger partial charge in [0.1, 0.15) is 0 Å². The van der Waals surface area contributed by atoms with Crippen LogP contribution in [0.15, 0.2) is 35.1 Å². The zero-order chi connectivity index (χ0) is 13.6. The van der Waals surface area contributed by atoms with Gasteiger partial charge in [-0.15, -0.1) is 0 Å². The highest BCUT2D eigenvalue weighted by Crippen LogP contribution is 2.21. The van der Waals surface area contributed by atoms with E-state index in [0.29, 0.717) is 12.4 Å². The molecule has 0 N–H and O–H groups in total. The second kappa shape index (κ2) is 4.08. The summed E-state index contributed by atoms with van der Waals surface area (Å²) in [6.07, 6.45) is 0. The number of nitrogens with zero attached hydrogens (tertiary/aromatic N) is 4. The molecule has 6 nitrogen and oxygen atoms in total. The van der Waals surface area contributed by atoms with Crippen LogP contribution < -0.4 is 10.6 Å². The summed E-state index contributed by atoms with van der Waals surface area (Å²) in [7, 11) is 0. The predicted octanol–water partition coefficient (Wildman–Crippen LogP) is 1.61. The number of hydrogen-bond donors (Lipinski definition) is 0. The average molecular weight is 258 g/mol. The molecule has 0 saturated carbocycles. The smallest absolute Gasteiger partial charge is 0.286 e. The molecule has 2 heterocycles. The second-order valence-corrected chi connectivity index (χ2v) is 4.78. The number of hydrogen-bond acceptors (Lipinski definition) is 3. The molecule has 1 aliphatic heterocycles. The van der Waals surface area contributed by atoms with Crippen LogP contribution in [0.3, 0.4) is 0 Å². The molecule has 1 aromatic heterocycles. The molecular weight excluding hydrogens is 244 g/mol. The van der Waals surface area contributed by atoms with Gasteiger partial charge in [0, 0.05) is 5.69 Å². The largest absolute Gasteiger partial charge is 0.354 e. The molecule has 1 aromatic carbocycles. The van der Waals surface area contributed by atoms with Crippen LogP contribution in [0.5, 0.6) is 0 Å². The number of fused-ring (bicyclic) bond motifs is 1. The van der Waals surface area contributed by atoms with Crippen LogP contribution in [-0.2, 0) is 6.54 Å². The van der Waals surface area contributed by atoms with Gasteiger partial charge in [0.25, 0.3) is 0 Å². The van der Waals surface area contributed by atoms with Gasteiger partial charge in [0.2, 0.25) is 0 Å². The van der Waals surface area contributed by atoms with Crippen LogP contribution in [0.2, 0.25) is 0 Å². The van der Waals surface area contributed by atoms with Gasteiger partial charge < -0.3 is 0 Å². The summed E-state index contributed by atoms with van der Waals surface area (Å²) in [4.78, 5) is 25.9. The van der Waals surface area contributed by atoms with E-state index in [1.54, 1.807) is 4.90 Å². The highest BCUT2D eigenvalue weighted by Gasteiger charge is 2.33. The first kappa shape index (κ1) is 11.7. The fourth-order valence-electron chi connectivity index (χ4n) is 2.20. The third-order valence-electron chi connectivity index (χ3n) is 3.15. The Morgan fingerprint density at radius 2 is 1.84 bits per heavy atom. The fourth-order valence-corrected chi connectivity index (χ4v) is 2.20.